The van der Waals surface area contributed by atoms with Gasteiger partial charge in [-0.15, -0.1) is 0 Å². The molecule has 0 radical (unpaired) electrons. The third-order valence-electron chi connectivity index (χ3n) is 4.77. The summed E-state index contributed by atoms with van der Waals surface area (Å²) in [7, 11) is 0. The normalized spacial score (nSPS) is 10.9. The summed E-state index contributed by atoms with van der Waals surface area (Å²) >= 11 is 6.13. The van der Waals surface area contributed by atoms with Gasteiger partial charge < -0.3 is 9.15 Å². The molecule has 0 saturated heterocycles. The van der Waals surface area contributed by atoms with Crippen LogP contribution in [0.15, 0.2) is 94.4 Å². The van der Waals surface area contributed by atoms with Gasteiger partial charge in [0.25, 0.3) is 11.6 Å². The van der Waals surface area contributed by atoms with E-state index >= 15 is 0 Å². The van der Waals surface area contributed by atoms with Crippen molar-refractivity contribution in [3.8, 4) is 28.2 Å². The molecule has 4 aromatic rings. The van der Waals surface area contributed by atoms with E-state index in [-0.39, 0.29) is 12.3 Å². The smallest absolute Gasteiger partial charge is 0.277 e. The van der Waals surface area contributed by atoms with Crippen LogP contribution in [0.1, 0.15) is 5.76 Å². The third-order valence-corrected chi connectivity index (χ3v) is 5.10. The maximum absolute atomic E-state index is 12.0. The average molecular weight is 476 g/mol. The number of nitrogens with zero attached hydrogens (tertiary/aromatic N) is 2. The third kappa shape index (κ3) is 5.67. The van der Waals surface area contributed by atoms with E-state index < -0.39 is 10.8 Å². The molecule has 8 nitrogen and oxygen atoms in total. The molecule has 0 spiro atoms. The van der Waals surface area contributed by atoms with Crippen LogP contribution >= 0.6 is 11.6 Å². The molecule has 0 fully saturated rings. The predicted molar refractivity (Wildman–Crippen MR) is 129 cm³/mol. The summed E-state index contributed by atoms with van der Waals surface area (Å²) in [5.41, 5.74) is 4.77. The number of nitro benzene ring substituents is 1. The zero-order valence-electron chi connectivity index (χ0n) is 17.7. The number of hydrogen-bond acceptors (Lipinski definition) is 6. The van der Waals surface area contributed by atoms with Crippen molar-refractivity contribution in [2.24, 2.45) is 5.10 Å². The Morgan fingerprint density at radius 1 is 1.03 bits per heavy atom. The quantitative estimate of drug-likeness (QED) is 0.200. The van der Waals surface area contributed by atoms with E-state index in [1.165, 1.54) is 24.4 Å². The highest BCUT2D eigenvalue weighted by molar-refractivity contribution is 6.33. The van der Waals surface area contributed by atoms with E-state index in [1.807, 2.05) is 42.5 Å². The Morgan fingerprint density at radius 3 is 2.50 bits per heavy atom. The second kappa shape index (κ2) is 10.5. The van der Waals surface area contributed by atoms with Crippen LogP contribution in [-0.2, 0) is 4.79 Å². The first-order valence-corrected chi connectivity index (χ1v) is 10.5. The SMILES string of the molecule is O=C(COc1ccc(-c2ccccc2)cc1)NN=Cc1ccc(-c2cc([N+](=O)[O-])ccc2Cl)o1. The van der Waals surface area contributed by atoms with Crippen LogP contribution in [0.5, 0.6) is 5.75 Å². The molecule has 4 rings (SSSR count). The molecule has 0 bridgehead atoms. The highest BCUT2D eigenvalue weighted by Gasteiger charge is 2.14. The van der Waals surface area contributed by atoms with Crippen LogP contribution in [0.4, 0.5) is 5.69 Å². The summed E-state index contributed by atoms with van der Waals surface area (Å²) in [5.74, 6) is 0.777. The summed E-state index contributed by atoms with van der Waals surface area (Å²) in [5, 5.41) is 15.1. The van der Waals surface area contributed by atoms with E-state index in [0.29, 0.717) is 27.9 Å². The standard InChI is InChI=1S/C25H18ClN3O5/c26-23-12-8-19(29(31)32)14-22(23)24-13-11-21(34-24)15-27-28-25(30)16-33-20-9-6-18(7-10-20)17-4-2-1-3-5-17/h1-15H,16H2,(H,28,30). The number of carbonyl (C=O) groups is 1. The van der Waals surface area contributed by atoms with Crippen molar-refractivity contribution in [3.05, 3.63) is 106 Å². The molecule has 0 aliphatic heterocycles. The summed E-state index contributed by atoms with van der Waals surface area (Å²) in [6, 6.07) is 24.6. The van der Waals surface area contributed by atoms with Gasteiger partial charge in [-0.05, 0) is 41.5 Å². The highest BCUT2D eigenvalue weighted by Crippen LogP contribution is 2.32. The van der Waals surface area contributed by atoms with Crippen molar-refractivity contribution in [1.82, 2.24) is 5.43 Å². The molecule has 0 aliphatic carbocycles. The van der Waals surface area contributed by atoms with Gasteiger partial charge >= 0.3 is 0 Å². The fraction of sp³-hybridized carbons (Fsp3) is 0.0400. The molecular formula is C25H18ClN3O5. The van der Waals surface area contributed by atoms with Crippen LogP contribution in [0.25, 0.3) is 22.5 Å². The molecule has 0 aliphatic rings. The van der Waals surface area contributed by atoms with E-state index in [2.05, 4.69) is 10.5 Å². The second-order valence-electron chi connectivity index (χ2n) is 7.10. The maximum atomic E-state index is 12.0. The molecule has 0 saturated carbocycles. The number of carbonyl (C=O) groups excluding carboxylic acids is 1. The van der Waals surface area contributed by atoms with Crippen LogP contribution < -0.4 is 10.2 Å². The van der Waals surface area contributed by atoms with Gasteiger partial charge in [-0.25, -0.2) is 5.43 Å². The first-order chi connectivity index (χ1) is 16.5. The fourth-order valence-corrected chi connectivity index (χ4v) is 3.32. The van der Waals surface area contributed by atoms with Gasteiger partial charge in [-0.3, -0.25) is 14.9 Å². The van der Waals surface area contributed by atoms with E-state index in [9.17, 15) is 14.9 Å². The van der Waals surface area contributed by atoms with Gasteiger partial charge in [0.1, 0.15) is 17.3 Å². The monoisotopic (exact) mass is 475 g/mol. The van der Waals surface area contributed by atoms with Crippen LogP contribution in [0.2, 0.25) is 5.02 Å². The van der Waals surface area contributed by atoms with Gasteiger partial charge in [0.2, 0.25) is 0 Å². The van der Waals surface area contributed by atoms with E-state index in [0.717, 1.165) is 11.1 Å². The van der Waals surface area contributed by atoms with E-state index in [1.54, 1.807) is 24.3 Å². The minimum atomic E-state index is -0.514. The molecule has 170 valence electrons. The lowest BCUT2D eigenvalue weighted by atomic mass is 10.1. The lowest BCUT2D eigenvalue weighted by Gasteiger charge is -2.06. The molecule has 3 aromatic carbocycles. The lowest BCUT2D eigenvalue weighted by molar-refractivity contribution is -0.384. The summed E-state index contributed by atoms with van der Waals surface area (Å²) < 4.78 is 11.1. The molecule has 0 unspecified atom stereocenters. The Morgan fingerprint density at radius 2 is 1.76 bits per heavy atom. The van der Waals surface area contributed by atoms with Gasteiger partial charge in [0, 0.05) is 17.7 Å². The van der Waals surface area contributed by atoms with Gasteiger partial charge in [0.05, 0.1) is 16.2 Å². The summed E-state index contributed by atoms with van der Waals surface area (Å²) in [6.45, 7) is -0.214. The molecular weight excluding hydrogens is 458 g/mol. The van der Waals surface area contributed by atoms with Gasteiger partial charge in [-0.2, -0.15) is 5.10 Å². The Bertz CT molecular complexity index is 1330. The fourth-order valence-electron chi connectivity index (χ4n) is 3.11. The molecule has 1 amide bonds. The van der Waals surface area contributed by atoms with Crippen LogP contribution in [0, 0.1) is 10.1 Å². The number of hydrazone groups is 1. The first-order valence-electron chi connectivity index (χ1n) is 10.1. The number of benzene rings is 3. The highest BCUT2D eigenvalue weighted by atomic mass is 35.5. The van der Waals surface area contributed by atoms with Crippen LogP contribution in [-0.4, -0.2) is 23.7 Å². The summed E-state index contributed by atoms with van der Waals surface area (Å²) in [4.78, 5) is 22.5. The van der Waals surface area contributed by atoms with Crippen molar-refractivity contribution in [3.63, 3.8) is 0 Å². The molecule has 1 heterocycles. The number of furan rings is 1. The number of non-ortho nitro benzene ring substituents is 1. The number of rotatable bonds is 8. The van der Waals surface area contributed by atoms with Crippen molar-refractivity contribution in [2.45, 2.75) is 0 Å². The number of ether oxygens (including phenoxy) is 1. The lowest BCUT2D eigenvalue weighted by Crippen LogP contribution is -2.24. The van der Waals surface area contributed by atoms with Crippen molar-refractivity contribution >= 4 is 29.4 Å². The number of halogens is 1. The number of nitrogens with one attached hydrogen (secondary N) is 1. The maximum Gasteiger partial charge on any atom is 0.277 e. The van der Waals surface area contributed by atoms with Crippen molar-refractivity contribution < 1.29 is 18.9 Å². The Kier molecular flexibility index (Phi) is 7.00. The van der Waals surface area contributed by atoms with E-state index in [4.69, 9.17) is 20.8 Å². The number of amides is 1. The van der Waals surface area contributed by atoms with Crippen LogP contribution in [0.3, 0.4) is 0 Å². The predicted octanol–water partition coefficient (Wildman–Crippen LogP) is 5.70. The van der Waals surface area contributed by atoms with Crippen molar-refractivity contribution in [1.29, 1.82) is 0 Å². The number of hydrogen-bond donors (Lipinski definition) is 1. The topological polar surface area (TPSA) is 107 Å². The van der Waals surface area contributed by atoms with Gasteiger partial charge in [-0.1, -0.05) is 54.1 Å². The molecule has 9 heteroatoms. The van der Waals surface area contributed by atoms with Crippen molar-refractivity contribution in [2.75, 3.05) is 6.61 Å². The Balaban J connectivity index is 1.30. The Hall–Kier alpha value is -4.43. The Labute approximate surface area is 199 Å². The second-order valence-corrected chi connectivity index (χ2v) is 7.50. The molecule has 1 aromatic heterocycles. The first kappa shape index (κ1) is 22.8. The minimum absolute atomic E-state index is 0.104. The minimum Gasteiger partial charge on any atom is -0.484 e. The summed E-state index contributed by atoms with van der Waals surface area (Å²) in [6.07, 6.45) is 1.31. The number of nitro groups is 1. The largest absolute Gasteiger partial charge is 0.484 e. The molecule has 0 atom stereocenters. The zero-order chi connectivity index (χ0) is 23.9. The molecule has 1 N–H and O–H groups in total. The average Bonchev–Trinajstić information content (AvgIpc) is 3.32. The van der Waals surface area contributed by atoms with Gasteiger partial charge in [0.15, 0.2) is 6.61 Å². The molecule has 34 heavy (non-hydrogen) atoms. The zero-order valence-corrected chi connectivity index (χ0v) is 18.4.